The van der Waals surface area contributed by atoms with Gasteiger partial charge in [-0.1, -0.05) is 0 Å². The van der Waals surface area contributed by atoms with Crippen LogP contribution in [-0.4, -0.2) is 49.3 Å². The van der Waals surface area contributed by atoms with Gasteiger partial charge in [0, 0.05) is 33.3 Å². The highest BCUT2D eigenvalue weighted by molar-refractivity contribution is 5.92. The van der Waals surface area contributed by atoms with Crippen molar-refractivity contribution in [3.05, 3.63) is 11.8 Å². The second-order valence-electron chi connectivity index (χ2n) is 3.90. The molecule has 1 amide bonds. The fraction of sp³-hybridized carbons (Fsp3) is 0.636. The number of rotatable bonds is 5. The smallest absolute Gasteiger partial charge is 0.272 e. The van der Waals surface area contributed by atoms with E-state index in [0.29, 0.717) is 18.2 Å². The highest BCUT2D eigenvalue weighted by Gasteiger charge is 2.18. The lowest BCUT2D eigenvalue weighted by molar-refractivity contribution is -0.0974. The molecule has 7 heteroatoms. The Labute approximate surface area is 105 Å². The molecule has 0 aliphatic carbocycles. The van der Waals surface area contributed by atoms with E-state index in [9.17, 15) is 4.79 Å². The minimum absolute atomic E-state index is 0.264. The molecule has 1 aromatic rings. The van der Waals surface area contributed by atoms with Crippen LogP contribution in [0.15, 0.2) is 6.07 Å². The van der Waals surface area contributed by atoms with Gasteiger partial charge < -0.3 is 19.5 Å². The highest BCUT2D eigenvalue weighted by atomic mass is 16.7. The molecule has 1 aliphatic rings. The van der Waals surface area contributed by atoms with Crippen molar-refractivity contribution in [3.63, 3.8) is 0 Å². The number of fused-ring (bicyclic) bond motifs is 1. The summed E-state index contributed by atoms with van der Waals surface area (Å²) in [5.74, 6) is 0.376. The number of aryl methyl sites for hydroxylation is 1. The van der Waals surface area contributed by atoms with Gasteiger partial charge in [0.05, 0.1) is 13.2 Å². The first-order chi connectivity index (χ1) is 8.74. The molecule has 0 spiro atoms. The van der Waals surface area contributed by atoms with Crippen LogP contribution in [0.3, 0.4) is 0 Å². The maximum absolute atomic E-state index is 11.8. The molecule has 0 saturated heterocycles. The topological polar surface area (TPSA) is 74.6 Å². The molecule has 1 N–H and O–H groups in total. The fourth-order valence-corrected chi connectivity index (χ4v) is 1.71. The van der Waals surface area contributed by atoms with Crippen LogP contribution in [0, 0.1) is 0 Å². The lowest BCUT2D eigenvalue weighted by Crippen LogP contribution is -2.34. The predicted molar refractivity (Wildman–Crippen MR) is 62.5 cm³/mol. The number of carbonyl (C=O) groups is 1. The van der Waals surface area contributed by atoms with E-state index in [0.717, 1.165) is 13.0 Å². The third kappa shape index (κ3) is 2.80. The number of nitrogens with zero attached hydrogens (tertiary/aromatic N) is 2. The second kappa shape index (κ2) is 5.83. The minimum atomic E-state index is -0.456. The minimum Gasteiger partial charge on any atom is -0.478 e. The maximum Gasteiger partial charge on any atom is 0.272 e. The molecular weight excluding hydrogens is 238 g/mol. The van der Waals surface area contributed by atoms with Crippen LogP contribution in [-0.2, 0) is 16.0 Å². The third-order valence-corrected chi connectivity index (χ3v) is 2.69. The van der Waals surface area contributed by atoms with Crippen molar-refractivity contribution in [2.75, 3.05) is 27.4 Å². The molecule has 100 valence electrons. The van der Waals surface area contributed by atoms with E-state index in [1.807, 2.05) is 0 Å². The van der Waals surface area contributed by atoms with Crippen LogP contribution >= 0.6 is 0 Å². The average molecular weight is 255 g/mol. The number of methoxy groups -OCH3 is 2. The van der Waals surface area contributed by atoms with Gasteiger partial charge in [-0.3, -0.25) is 4.79 Å². The number of hydrogen-bond acceptors (Lipinski definition) is 5. The molecule has 1 aliphatic heterocycles. The summed E-state index contributed by atoms with van der Waals surface area (Å²) in [4.78, 5) is 11.8. The molecule has 0 saturated carbocycles. The van der Waals surface area contributed by atoms with Gasteiger partial charge in [0.2, 0.25) is 5.88 Å². The van der Waals surface area contributed by atoms with Gasteiger partial charge in [-0.15, -0.1) is 0 Å². The Balaban J connectivity index is 1.94. The molecule has 0 unspecified atom stereocenters. The van der Waals surface area contributed by atoms with E-state index >= 15 is 0 Å². The van der Waals surface area contributed by atoms with Gasteiger partial charge in [0.15, 0.2) is 12.0 Å². The van der Waals surface area contributed by atoms with Crippen molar-refractivity contribution < 1.29 is 19.0 Å². The van der Waals surface area contributed by atoms with E-state index in [1.165, 1.54) is 14.2 Å². The molecule has 0 fully saturated rings. The summed E-state index contributed by atoms with van der Waals surface area (Å²) in [6, 6.07) is 1.64. The van der Waals surface area contributed by atoms with Gasteiger partial charge in [-0.25, -0.2) is 4.68 Å². The van der Waals surface area contributed by atoms with Crippen molar-refractivity contribution in [2.24, 2.45) is 0 Å². The van der Waals surface area contributed by atoms with E-state index < -0.39 is 6.29 Å². The first kappa shape index (κ1) is 12.8. The zero-order valence-electron chi connectivity index (χ0n) is 10.5. The van der Waals surface area contributed by atoms with Crippen LogP contribution in [0.25, 0.3) is 0 Å². The van der Waals surface area contributed by atoms with E-state index in [2.05, 4.69) is 10.4 Å². The molecule has 1 aromatic heterocycles. The molecule has 18 heavy (non-hydrogen) atoms. The normalized spacial score (nSPS) is 14.2. The Hall–Kier alpha value is -1.60. The van der Waals surface area contributed by atoms with Crippen LogP contribution in [0.2, 0.25) is 0 Å². The molecule has 0 radical (unpaired) electrons. The maximum atomic E-state index is 11.8. The molecule has 0 bridgehead atoms. The van der Waals surface area contributed by atoms with Gasteiger partial charge in [-0.2, -0.15) is 5.10 Å². The van der Waals surface area contributed by atoms with E-state index in [-0.39, 0.29) is 12.5 Å². The van der Waals surface area contributed by atoms with Crippen molar-refractivity contribution >= 4 is 5.91 Å². The van der Waals surface area contributed by atoms with E-state index in [1.54, 1.807) is 10.7 Å². The van der Waals surface area contributed by atoms with Crippen LogP contribution < -0.4 is 10.1 Å². The molecule has 2 rings (SSSR count). The summed E-state index contributed by atoms with van der Waals surface area (Å²) < 4.78 is 17.0. The molecule has 2 heterocycles. The summed E-state index contributed by atoms with van der Waals surface area (Å²) in [6.45, 7) is 1.72. The van der Waals surface area contributed by atoms with E-state index in [4.69, 9.17) is 14.2 Å². The molecule has 0 aromatic carbocycles. The zero-order chi connectivity index (χ0) is 13.0. The number of amides is 1. The lowest BCUT2D eigenvalue weighted by atomic mass is 10.4. The third-order valence-electron chi connectivity index (χ3n) is 2.69. The summed E-state index contributed by atoms with van der Waals surface area (Å²) in [5.41, 5.74) is 0.345. The van der Waals surface area contributed by atoms with Crippen molar-refractivity contribution in [1.29, 1.82) is 0 Å². The Kier molecular flexibility index (Phi) is 4.16. The monoisotopic (exact) mass is 255 g/mol. The van der Waals surface area contributed by atoms with Crippen LogP contribution in [0.4, 0.5) is 0 Å². The second-order valence-corrected chi connectivity index (χ2v) is 3.90. The summed E-state index contributed by atoms with van der Waals surface area (Å²) in [5, 5.41) is 6.87. The number of carbonyl (C=O) groups excluding carboxylic acids is 1. The number of nitrogens with one attached hydrogen (secondary N) is 1. The Morgan fingerprint density at radius 2 is 2.39 bits per heavy atom. The summed E-state index contributed by atoms with van der Waals surface area (Å²) in [7, 11) is 3.03. The average Bonchev–Trinajstić information content (AvgIpc) is 2.83. The van der Waals surface area contributed by atoms with Crippen molar-refractivity contribution in [2.45, 2.75) is 19.3 Å². The van der Waals surface area contributed by atoms with Crippen molar-refractivity contribution in [3.8, 4) is 5.88 Å². The van der Waals surface area contributed by atoms with Gasteiger partial charge in [0.25, 0.3) is 5.91 Å². The highest BCUT2D eigenvalue weighted by Crippen LogP contribution is 2.18. The van der Waals surface area contributed by atoms with Crippen molar-refractivity contribution in [1.82, 2.24) is 15.1 Å². The summed E-state index contributed by atoms with van der Waals surface area (Å²) in [6.07, 6.45) is 0.452. The number of aromatic nitrogens is 2. The predicted octanol–water partition coefficient (Wildman–Crippen LogP) is 0.0143. The standard InChI is InChI=1S/C11H17N3O4/c1-16-10(17-2)7-12-11(15)8-6-9-14(13-8)4-3-5-18-9/h6,10H,3-5,7H2,1-2H3,(H,12,15). The summed E-state index contributed by atoms with van der Waals surface area (Å²) >= 11 is 0. The quantitative estimate of drug-likeness (QED) is 0.750. The van der Waals surface area contributed by atoms with Crippen LogP contribution in [0.5, 0.6) is 5.88 Å². The Morgan fingerprint density at radius 3 is 3.06 bits per heavy atom. The van der Waals surface area contributed by atoms with Gasteiger partial charge in [-0.05, 0) is 0 Å². The lowest BCUT2D eigenvalue weighted by Gasteiger charge is -2.13. The number of hydrogen-bond donors (Lipinski definition) is 1. The van der Waals surface area contributed by atoms with Gasteiger partial charge >= 0.3 is 0 Å². The Bertz CT molecular complexity index is 391. The Morgan fingerprint density at radius 1 is 1.61 bits per heavy atom. The first-order valence-corrected chi connectivity index (χ1v) is 5.79. The van der Waals surface area contributed by atoms with Gasteiger partial charge in [0.1, 0.15) is 0 Å². The SMILES string of the molecule is COC(CNC(=O)c1cc2n(n1)CCCO2)OC. The van der Waals surface area contributed by atoms with Crippen LogP contribution in [0.1, 0.15) is 16.9 Å². The molecule has 7 nitrogen and oxygen atoms in total. The first-order valence-electron chi connectivity index (χ1n) is 5.79. The molecular formula is C11H17N3O4. The largest absolute Gasteiger partial charge is 0.478 e. The zero-order valence-corrected chi connectivity index (χ0v) is 10.5. The number of ether oxygens (including phenoxy) is 3. The fourth-order valence-electron chi connectivity index (χ4n) is 1.71. The molecule has 0 atom stereocenters.